The van der Waals surface area contributed by atoms with Crippen molar-refractivity contribution in [2.75, 3.05) is 0 Å². The minimum atomic E-state index is 0.0419. The van der Waals surface area contributed by atoms with Gasteiger partial charge in [-0.2, -0.15) is 0 Å². The maximum atomic E-state index is 9.77. The van der Waals surface area contributed by atoms with Crippen molar-refractivity contribution in [2.45, 2.75) is 32.8 Å². The Morgan fingerprint density at radius 2 is 1.80 bits per heavy atom. The third kappa shape index (κ3) is 1.52. The molecule has 0 amide bonds. The average Bonchev–Trinajstić information content (AvgIpc) is 2.13. The molecule has 3 unspecified atom stereocenters. The van der Waals surface area contributed by atoms with Crippen LogP contribution in [0.1, 0.15) is 32.3 Å². The molecule has 0 aromatic heterocycles. The molecule has 1 heterocycles. The molecule has 0 aliphatic carbocycles. The highest BCUT2D eigenvalue weighted by molar-refractivity contribution is 5.52. The molecule has 1 aliphatic heterocycles. The summed E-state index contributed by atoms with van der Waals surface area (Å²) >= 11 is 0. The van der Waals surface area contributed by atoms with E-state index in [4.69, 9.17) is 4.74 Å². The lowest BCUT2D eigenvalue weighted by Crippen LogP contribution is -2.30. The van der Waals surface area contributed by atoms with E-state index in [-0.39, 0.29) is 23.5 Å². The van der Waals surface area contributed by atoms with Crippen LogP contribution in [-0.2, 0) is 0 Å². The van der Waals surface area contributed by atoms with Gasteiger partial charge in [0.2, 0.25) is 0 Å². The smallest absolute Gasteiger partial charge is 0.130 e. The lowest BCUT2D eigenvalue weighted by atomic mass is 9.82. The van der Waals surface area contributed by atoms with E-state index in [1.807, 2.05) is 6.92 Å². The Morgan fingerprint density at radius 3 is 2.47 bits per heavy atom. The first-order chi connectivity index (χ1) is 7.00. The van der Waals surface area contributed by atoms with E-state index in [2.05, 4.69) is 13.8 Å². The molecule has 0 saturated carbocycles. The largest absolute Gasteiger partial charge is 0.508 e. The van der Waals surface area contributed by atoms with Gasteiger partial charge in [0.25, 0.3) is 0 Å². The fourth-order valence-electron chi connectivity index (χ4n) is 2.13. The summed E-state index contributed by atoms with van der Waals surface area (Å²) < 4.78 is 5.66. The average molecular weight is 208 g/mol. The molecule has 1 aromatic rings. The summed E-state index contributed by atoms with van der Waals surface area (Å²) in [6, 6.07) is 2.93. The zero-order valence-electron chi connectivity index (χ0n) is 9.19. The third-order valence-corrected chi connectivity index (χ3v) is 3.40. The lowest BCUT2D eigenvalue weighted by molar-refractivity contribution is 0.120. The number of phenolic OH excluding ortho intramolecular Hbond substituents is 2. The van der Waals surface area contributed by atoms with Crippen LogP contribution in [0, 0.1) is 5.92 Å². The predicted octanol–water partition coefficient (Wildman–Crippen LogP) is 2.62. The van der Waals surface area contributed by atoms with Gasteiger partial charge in [-0.3, -0.25) is 0 Å². The molecule has 2 rings (SSSR count). The summed E-state index contributed by atoms with van der Waals surface area (Å²) in [5.41, 5.74) is 0.804. The van der Waals surface area contributed by atoms with Crippen LogP contribution in [0.3, 0.4) is 0 Å². The first-order valence-electron chi connectivity index (χ1n) is 5.23. The van der Waals surface area contributed by atoms with Gasteiger partial charge in [-0.1, -0.05) is 13.8 Å². The molecule has 15 heavy (non-hydrogen) atoms. The van der Waals surface area contributed by atoms with Crippen molar-refractivity contribution in [3.63, 3.8) is 0 Å². The number of hydrogen-bond acceptors (Lipinski definition) is 3. The molecule has 1 aromatic carbocycles. The molecule has 2 N–H and O–H groups in total. The highest BCUT2D eigenvalue weighted by Gasteiger charge is 2.32. The summed E-state index contributed by atoms with van der Waals surface area (Å²) in [7, 11) is 0. The van der Waals surface area contributed by atoms with E-state index < -0.39 is 0 Å². The van der Waals surface area contributed by atoms with Crippen molar-refractivity contribution in [2.24, 2.45) is 5.92 Å². The van der Waals surface area contributed by atoms with E-state index in [1.165, 1.54) is 6.07 Å². The van der Waals surface area contributed by atoms with Crippen molar-refractivity contribution < 1.29 is 14.9 Å². The van der Waals surface area contributed by atoms with Crippen LogP contribution in [0.25, 0.3) is 0 Å². The molecule has 3 atom stereocenters. The second kappa shape index (κ2) is 3.33. The number of ether oxygens (including phenoxy) is 1. The van der Waals surface area contributed by atoms with Crippen molar-refractivity contribution in [3.8, 4) is 17.2 Å². The molecular formula is C12H16O3. The van der Waals surface area contributed by atoms with Gasteiger partial charge in [-0.15, -0.1) is 0 Å². The second-order valence-electron chi connectivity index (χ2n) is 4.35. The number of rotatable bonds is 0. The van der Waals surface area contributed by atoms with Gasteiger partial charge in [0, 0.05) is 17.7 Å². The molecule has 3 nitrogen and oxygen atoms in total. The lowest BCUT2D eigenvalue weighted by Gasteiger charge is -2.34. The Kier molecular flexibility index (Phi) is 2.25. The number of hydrogen-bond donors (Lipinski definition) is 2. The number of fused-ring (bicyclic) bond motifs is 1. The maximum absolute atomic E-state index is 9.77. The van der Waals surface area contributed by atoms with E-state index in [0.717, 1.165) is 5.56 Å². The van der Waals surface area contributed by atoms with Crippen LogP contribution in [0.5, 0.6) is 17.2 Å². The van der Waals surface area contributed by atoms with Crippen molar-refractivity contribution in [3.05, 3.63) is 17.7 Å². The highest BCUT2D eigenvalue weighted by Crippen LogP contribution is 2.45. The molecule has 0 radical (unpaired) electrons. The topological polar surface area (TPSA) is 49.7 Å². The summed E-state index contributed by atoms with van der Waals surface area (Å²) in [6.07, 6.45) is 0.105. The molecular weight excluding hydrogens is 192 g/mol. The summed E-state index contributed by atoms with van der Waals surface area (Å²) in [5.74, 6) is 1.36. The van der Waals surface area contributed by atoms with Gasteiger partial charge in [0.05, 0.1) is 6.10 Å². The van der Waals surface area contributed by atoms with E-state index in [0.29, 0.717) is 11.7 Å². The van der Waals surface area contributed by atoms with Crippen LogP contribution < -0.4 is 4.74 Å². The molecule has 0 fully saturated rings. The van der Waals surface area contributed by atoms with Crippen molar-refractivity contribution >= 4 is 0 Å². The molecule has 0 spiro atoms. The van der Waals surface area contributed by atoms with Crippen LogP contribution in [0.15, 0.2) is 12.1 Å². The minimum absolute atomic E-state index is 0.0419. The van der Waals surface area contributed by atoms with Gasteiger partial charge in [-0.05, 0) is 18.8 Å². The Balaban J connectivity index is 2.55. The molecule has 3 heteroatoms. The quantitative estimate of drug-likeness (QED) is 0.689. The normalized spacial score (nSPS) is 29.4. The van der Waals surface area contributed by atoms with E-state index in [9.17, 15) is 10.2 Å². The van der Waals surface area contributed by atoms with E-state index in [1.54, 1.807) is 6.07 Å². The zero-order valence-corrected chi connectivity index (χ0v) is 9.19. The highest BCUT2D eigenvalue weighted by atomic mass is 16.5. The number of aromatic hydroxyl groups is 2. The molecule has 0 saturated heterocycles. The first-order valence-corrected chi connectivity index (χ1v) is 5.23. The summed E-state index contributed by atoms with van der Waals surface area (Å²) in [4.78, 5) is 0. The summed E-state index contributed by atoms with van der Waals surface area (Å²) in [6.45, 7) is 6.18. The van der Waals surface area contributed by atoms with Crippen LogP contribution >= 0.6 is 0 Å². The Bertz CT molecular complexity index is 387. The molecule has 0 bridgehead atoms. The Labute approximate surface area is 89.3 Å². The second-order valence-corrected chi connectivity index (χ2v) is 4.35. The number of phenols is 2. The van der Waals surface area contributed by atoms with Crippen LogP contribution in [0.4, 0.5) is 0 Å². The third-order valence-electron chi connectivity index (χ3n) is 3.40. The minimum Gasteiger partial charge on any atom is -0.508 e. The Hall–Kier alpha value is -1.38. The fourth-order valence-corrected chi connectivity index (χ4v) is 2.13. The molecule has 1 aliphatic rings. The Morgan fingerprint density at radius 1 is 1.13 bits per heavy atom. The summed E-state index contributed by atoms with van der Waals surface area (Å²) in [5, 5.41) is 19.1. The van der Waals surface area contributed by atoms with Gasteiger partial charge in [0.1, 0.15) is 17.2 Å². The van der Waals surface area contributed by atoms with Crippen molar-refractivity contribution in [1.29, 1.82) is 0 Å². The maximum Gasteiger partial charge on any atom is 0.130 e. The first kappa shape index (κ1) is 10.1. The van der Waals surface area contributed by atoms with Crippen LogP contribution in [-0.4, -0.2) is 16.3 Å². The monoisotopic (exact) mass is 208 g/mol. The fraction of sp³-hybridized carbons (Fsp3) is 0.500. The van der Waals surface area contributed by atoms with Gasteiger partial charge < -0.3 is 14.9 Å². The number of benzene rings is 1. The zero-order chi connectivity index (χ0) is 11.2. The standard InChI is InChI=1S/C12H16O3/c1-6-7(2)12-10(14)4-9(13)5-11(12)15-8(6)3/h4-8,13-14H,1-3H3. The molecule has 82 valence electrons. The van der Waals surface area contributed by atoms with Gasteiger partial charge in [0.15, 0.2) is 0 Å². The van der Waals surface area contributed by atoms with Crippen LogP contribution in [0.2, 0.25) is 0 Å². The SMILES string of the molecule is CC1Oc2cc(O)cc(O)c2C(C)C1C. The van der Waals surface area contributed by atoms with Crippen molar-refractivity contribution in [1.82, 2.24) is 0 Å². The van der Waals surface area contributed by atoms with E-state index >= 15 is 0 Å². The predicted molar refractivity (Wildman–Crippen MR) is 57.4 cm³/mol. The van der Waals surface area contributed by atoms with Gasteiger partial charge >= 0.3 is 0 Å². The van der Waals surface area contributed by atoms with Gasteiger partial charge in [-0.25, -0.2) is 0 Å².